The van der Waals surface area contributed by atoms with Gasteiger partial charge in [0.05, 0.1) is 13.3 Å². The van der Waals surface area contributed by atoms with E-state index < -0.39 is 0 Å². The first kappa shape index (κ1) is 8.74. The van der Waals surface area contributed by atoms with Crippen LogP contribution in [0.3, 0.4) is 0 Å². The topological polar surface area (TPSA) is 78.8 Å². The number of ether oxygens (including phenoxy) is 1. The Labute approximate surface area is 80.7 Å². The third-order valence-electron chi connectivity index (χ3n) is 1.97. The number of methoxy groups -OCH3 is 1. The van der Waals surface area contributed by atoms with Crippen molar-refractivity contribution in [3.05, 3.63) is 6.20 Å². The molecule has 14 heavy (non-hydrogen) atoms. The van der Waals surface area contributed by atoms with Crippen LogP contribution in [0.4, 0.5) is 5.95 Å². The highest BCUT2D eigenvalue weighted by Crippen LogP contribution is 2.22. The molecule has 0 bridgehead atoms. The Morgan fingerprint density at radius 3 is 2.93 bits per heavy atom. The second kappa shape index (κ2) is 3.13. The number of aromatic nitrogens is 4. The lowest BCUT2D eigenvalue weighted by atomic mass is 10.4. The fourth-order valence-electron chi connectivity index (χ4n) is 1.33. The minimum Gasteiger partial charge on any atom is -0.480 e. The summed E-state index contributed by atoms with van der Waals surface area (Å²) in [4.78, 5) is 8.06. The molecule has 74 valence electrons. The lowest BCUT2D eigenvalue weighted by Gasteiger charge is -2.02. The van der Waals surface area contributed by atoms with Crippen LogP contribution in [0.2, 0.25) is 0 Å². The van der Waals surface area contributed by atoms with Crippen LogP contribution in [0.1, 0.15) is 6.92 Å². The molecular formula is C8H11N5O. The second-order valence-electron chi connectivity index (χ2n) is 2.79. The average Bonchev–Trinajstić information content (AvgIpc) is 2.59. The molecule has 2 heterocycles. The van der Waals surface area contributed by atoms with E-state index in [0.29, 0.717) is 11.5 Å². The number of nitrogens with zero attached hydrogens (tertiary/aromatic N) is 4. The Balaban J connectivity index is 2.76. The molecule has 2 N–H and O–H groups in total. The van der Waals surface area contributed by atoms with Gasteiger partial charge in [-0.05, 0) is 6.92 Å². The monoisotopic (exact) mass is 193 g/mol. The molecule has 2 aromatic heterocycles. The summed E-state index contributed by atoms with van der Waals surface area (Å²) < 4.78 is 6.83. The maximum Gasteiger partial charge on any atom is 0.229 e. The molecule has 0 aliphatic rings. The van der Waals surface area contributed by atoms with E-state index in [1.54, 1.807) is 18.0 Å². The molecule has 6 heteroatoms. The number of rotatable bonds is 2. The third kappa shape index (κ3) is 1.15. The number of hydrogen-bond acceptors (Lipinski definition) is 5. The lowest BCUT2D eigenvalue weighted by Crippen LogP contribution is -2.02. The summed E-state index contributed by atoms with van der Waals surface area (Å²) >= 11 is 0. The largest absolute Gasteiger partial charge is 0.480 e. The van der Waals surface area contributed by atoms with Crippen molar-refractivity contribution in [3.63, 3.8) is 0 Å². The van der Waals surface area contributed by atoms with Gasteiger partial charge in [-0.2, -0.15) is 15.1 Å². The van der Waals surface area contributed by atoms with Crippen LogP contribution in [-0.2, 0) is 6.54 Å². The van der Waals surface area contributed by atoms with Gasteiger partial charge >= 0.3 is 0 Å². The Bertz CT molecular complexity index is 464. The molecule has 0 unspecified atom stereocenters. The molecular weight excluding hydrogens is 182 g/mol. The number of aryl methyl sites for hydroxylation is 1. The Morgan fingerprint density at radius 1 is 1.50 bits per heavy atom. The molecule has 2 rings (SSSR count). The summed E-state index contributed by atoms with van der Waals surface area (Å²) in [7, 11) is 1.55. The van der Waals surface area contributed by atoms with E-state index in [1.807, 2.05) is 6.92 Å². The minimum absolute atomic E-state index is 0.199. The van der Waals surface area contributed by atoms with Crippen LogP contribution >= 0.6 is 0 Å². The molecule has 6 nitrogen and oxygen atoms in total. The highest BCUT2D eigenvalue weighted by molar-refractivity contribution is 5.81. The fourth-order valence-corrected chi connectivity index (χ4v) is 1.33. The predicted molar refractivity (Wildman–Crippen MR) is 52.0 cm³/mol. The van der Waals surface area contributed by atoms with Crippen molar-refractivity contribution in [1.29, 1.82) is 0 Å². The van der Waals surface area contributed by atoms with Crippen molar-refractivity contribution < 1.29 is 4.74 Å². The quantitative estimate of drug-likeness (QED) is 0.748. The Morgan fingerprint density at radius 2 is 2.29 bits per heavy atom. The zero-order valence-electron chi connectivity index (χ0n) is 8.06. The minimum atomic E-state index is 0.199. The highest BCUT2D eigenvalue weighted by atomic mass is 16.5. The van der Waals surface area contributed by atoms with E-state index in [0.717, 1.165) is 11.9 Å². The van der Waals surface area contributed by atoms with E-state index in [9.17, 15) is 0 Å². The smallest absolute Gasteiger partial charge is 0.229 e. The van der Waals surface area contributed by atoms with E-state index in [-0.39, 0.29) is 5.95 Å². The summed E-state index contributed by atoms with van der Waals surface area (Å²) in [5, 5.41) is 4.92. The van der Waals surface area contributed by atoms with E-state index in [1.165, 1.54) is 0 Å². The molecule has 0 fully saturated rings. The van der Waals surface area contributed by atoms with Crippen molar-refractivity contribution in [1.82, 2.24) is 19.7 Å². The van der Waals surface area contributed by atoms with Crippen LogP contribution in [0.15, 0.2) is 6.20 Å². The number of fused-ring (bicyclic) bond motifs is 1. The molecule has 0 aliphatic heterocycles. The molecule has 0 amide bonds. The number of nitrogens with two attached hydrogens (primary N) is 1. The average molecular weight is 193 g/mol. The maximum atomic E-state index is 5.54. The number of hydrogen-bond donors (Lipinski definition) is 1. The highest BCUT2D eigenvalue weighted by Gasteiger charge is 2.10. The van der Waals surface area contributed by atoms with E-state index >= 15 is 0 Å². The van der Waals surface area contributed by atoms with E-state index in [4.69, 9.17) is 10.5 Å². The van der Waals surface area contributed by atoms with Crippen molar-refractivity contribution >= 4 is 17.0 Å². The summed E-state index contributed by atoms with van der Waals surface area (Å²) in [6.45, 7) is 2.72. The van der Waals surface area contributed by atoms with E-state index in [2.05, 4.69) is 15.1 Å². The summed E-state index contributed by atoms with van der Waals surface area (Å²) in [5.74, 6) is 0.664. The van der Waals surface area contributed by atoms with Gasteiger partial charge in [-0.3, -0.25) is 0 Å². The number of nitrogen functional groups attached to an aromatic ring is 1. The zero-order valence-corrected chi connectivity index (χ0v) is 8.06. The van der Waals surface area contributed by atoms with Crippen molar-refractivity contribution in [2.45, 2.75) is 13.5 Å². The van der Waals surface area contributed by atoms with Gasteiger partial charge in [-0.15, -0.1) is 0 Å². The Hall–Kier alpha value is -1.85. The van der Waals surface area contributed by atoms with Gasteiger partial charge in [0.1, 0.15) is 5.39 Å². The first-order valence-corrected chi connectivity index (χ1v) is 4.29. The first-order valence-electron chi connectivity index (χ1n) is 4.29. The van der Waals surface area contributed by atoms with Crippen molar-refractivity contribution in [2.75, 3.05) is 12.8 Å². The van der Waals surface area contributed by atoms with Crippen LogP contribution in [0, 0.1) is 0 Å². The van der Waals surface area contributed by atoms with Crippen LogP contribution in [-0.4, -0.2) is 26.9 Å². The molecule has 0 radical (unpaired) electrons. The molecule has 0 atom stereocenters. The maximum absolute atomic E-state index is 5.54. The molecule has 0 aliphatic carbocycles. The van der Waals surface area contributed by atoms with Crippen LogP contribution < -0.4 is 10.5 Å². The van der Waals surface area contributed by atoms with Gasteiger partial charge in [-0.1, -0.05) is 0 Å². The lowest BCUT2D eigenvalue weighted by molar-refractivity contribution is 0.403. The number of anilines is 1. The second-order valence-corrected chi connectivity index (χ2v) is 2.79. The SMILES string of the molecule is CCn1ncc2c(OC)nc(N)nc21. The van der Waals surface area contributed by atoms with Crippen molar-refractivity contribution in [2.24, 2.45) is 0 Å². The molecule has 0 saturated heterocycles. The predicted octanol–water partition coefficient (Wildman–Crippen LogP) is 0.437. The van der Waals surface area contributed by atoms with Crippen LogP contribution in [0.5, 0.6) is 5.88 Å². The molecule has 2 aromatic rings. The normalized spacial score (nSPS) is 10.7. The van der Waals surface area contributed by atoms with Gasteiger partial charge in [-0.25, -0.2) is 4.68 Å². The molecule has 0 aromatic carbocycles. The van der Waals surface area contributed by atoms with Crippen LogP contribution in [0.25, 0.3) is 11.0 Å². The van der Waals surface area contributed by atoms with Crippen molar-refractivity contribution in [3.8, 4) is 5.88 Å². The van der Waals surface area contributed by atoms with Gasteiger partial charge in [0.15, 0.2) is 5.65 Å². The summed E-state index contributed by atoms with van der Waals surface area (Å²) in [5.41, 5.74) is 6.25. The Kier molecular flexibility index (Phi) is 1.95. The van der Waals surface area contributed by atoms with Gasteiger partial charge in [0.2, 0.25) is 11.8 Å². The van der Waals surface area contributed by atoms with Gasteiger partial charge in [0.25, 0.3) is 0 Å². The third-order valence-corrected chi connectivity index (χ3v) is 1.97. The van der Waals surface area contributed by atoms with Gasteiger partial charge in [0, 0.05) is 6.54 Å². The summed E-state index contributed by atoms with van der Waals surface area (Å²) in [6, 6.07) is 0. The zero-order chi connectivity index (χ0) is 10.1. The fraction of sp³-hybridized carbons (Fsp3) is 0.375. The summed E-state index contributed by atoms with van der Waals surface area (Å²) in [6.07, 6.45) is 1.68. The molecule has 0 spiro atoms. The van der Waals surface area contributed by atoms with Gasteiger partial charge < -0.3 is 10.5 Å². The standard InChI is InChI=1S/C8H11N5O/c1-3-13-6-5(4-10-13)7(14-2)12-8(9)11-6/h4H,3H2,1-2H3,(H2,9,11,12). The molecule has 0 saturated carbocycles. The first-order chi connectivity index (χ1) is 6.76.